The quantitative estimate of drug-likeness (QED) is 0.477. The van der Waals surface area contributed by atoms with Gasteiger partial charge in [0.1, 0.15) is 4.90 Å². The van der Waals surface area contributed by atoms with Crippen LogP contribution in [0.5, 0.6) is 11.5 Å². The lowest BCUT2D eigenvalue weighted by Gasteiger charge is -2.11. The molecule has 0 aliphatic carbocycles. The van der Waals surface area contributed by atoms with Gasteiger partial charge in [0, 0.05) is 12.1 Å². The van der Waals surface area contributed by atoms with Gasteiger partial charge in [-0.1, -0.05) is 6.07 Å². The number of non-ortho nitro benzene ring substituents is 1. The Balaban J connectivity index is 2.33. The zero-order valence-corrected chi connectivity index (χ0v) is 12.7. The molecule has 0 unspecified atom stereocenters. The van der Waals surface area contributed by atoms with Gasteiger partial charge in [0.25, 0.3) is 5.69 Å². The van der Waals surface area contributed by atoms with Crippen molar-refractivity contribution >= 4 is 15.8 Å². The number of nitro groups is 1. The van der Waals surface area contributed by atoms with E-state index in [1.807, 2.05) is 6.92 Å². The molecule has 0 N–H and O–H groups in total. The van der Waals surface area contributed by atoms with E-state index in [1.54, 1.807) is 12.1 Å². The molecule has 0 heterocycles. The third-order valence-corrected chi connectivity index (χ3v) is 4.10. The zero-order chi connectivity index (χ0) is 16.3. The third-order valence-electron chi connectivity index (χ3n) is 2.85. The molecule has 0 saturated heterocycles. The van der Waals surface area contributed by atoms with Crippen molar-refractivity contribution in [3.8, 4) is 11.5 Å². The Kier molecular flexibility index (Phi) is 4.32. The molecule has 116 valence electrons. The van der Waals surface area contributed by atoms with Crippen LogP contribution in [0.4, 0.5) is 5.69 Å². The van der Waals surface area contributed by atoms with Crippen LogP contribution in [0.2, 0.25) is 0 Å². The molecule has 2 rings (SSSR count). The van der Waals surface area contributed by atoms with Gasteiger partial charge in [0.2, 0.25) is 0 Å². The van der Waals surface area contributed by atoms with Crippen LogP contribution in [-0.2, 0) is 10.1 Å². The Morgan fingerprint density at radius 1 is 1.05 bits per heavy atom. The standard InChI is InChI=1S/C14H13NO6S/c1-10-3-8-13(14(9-10)20-2)21-22(18,19)12-6-4-11(5-7-12)15(16)17/h3-9H,1-2H3. The number of methoxy groups -OCH3 is 1. The fraction of sp³-hybridized carbons (Fsp3) is 0.143. The highest BCUT2D eigenvalue weighted by molar-refractivity contribution is 7.87. The largest absolute Gasteiger partial charge is 0.493 e. The second-order valence-electron chi connectivity index (χ2n) is 4.44. The van der Waals surface area contributed by atoms with Crippen LogP contribution in [0.3, 0.4) is 0 Å². The van der Waals surface area contributed by atoms with Crippen molar-refractivity contribution in [1.82, 2.24) is 0 Å². The van der Waals surface area contributed by atoms with Crippen LogP contribution in [0.15, 0.2) is 47.4 Å². The summed E-state index contributed by atoms with van der Waals surface area (Å²) >= 11 is 0. The molecule has 2 aromatic carbocycles. The van der Waals surface area contributed by atoms with E-state index in [-0.39, 0.29) is 22.1 Å². The summed E-state index contributed by atoms with van der Waals surface area (Å²) in [6, 6.07) is 9.24. The normalized spacial score (nSPS) is 11.0. The smallest absolute Gasteiger partial charge is 0.339 e. The van der Waals surface area contributed by atoms with Gasteiger partial charge in [-0.25, -0.2) is 0 Å². The second-order valence-corrected chi connectivity index (χ2v) is 5.99. The molecule has 0 radical (unpaired) electrons. The minimum Gasteiger partial charge on any atom is -0.493 e. The first kappa shape index (κ1) is 15.8. The van der Waals surface area contributed by atoms with Crippen molar-refractivity contribution in [2.45, 2.75) is 11.8 Å². The molecule has 0 spiro atoms. The minimum absolute atomic E-state index is 0.0476. The molecule has 2 aromatic rings. The van der Waals surface area contributed by atoms with Crippen molar-refractivity contribution in [3.05, 3.63) is 58.1 Å². The molecule has 0 aliphatic heterocycles. The lowest BCUT2D eigenvalue weighted by molar-refractivity contribution is -0.384. The number of rotatable bonds is 5. The van der Waals surface area contributed by atoms with Crippen molar-refractivity contribution < 1.29 is 22.3 Å². The molecule has 8 heteroatoms. The minimum atomic E-state index is -4.10. The van der Waals surface area contributed by atoms with Crippen molar-refractivity contribution in [2.75, 3.05) is 7.11 Å². The maximum atomic E-state index is 12.2. The molecule has 0 aromatic heterocycles. The van der Waals surface area contributed by atoms with Crippen LogP contribution < -0.4 is 8.92 Å². The predicted octanol–water partition coefficient (Wildman–Crippen LogP) is 2.68. The van der Waals surface area contributed by atoms with Gasteiger partial charge in [-0.15, -0.1) is 0 Å². The van der Waals surface area contributed by atoms with Gasteiger partial charge in [0.05, 0.1) is 12.0 Å². The van der Waals surface area contributed by atoms with Crippen LogP contribution >= 0.6 is 0 Å². The van der Waals surface area contributed by atoms with Crippen LogP contribution in [0.25, 0.3) is 0 Å². The van der Waals surface area contributed by atoms with E-state index in [2.05, 4.69) is 0 Å². The number of hydrogen-bond donors (Lipinski definition) is 0. The van der Waals surface area contributed by atoms with Crippen LogP contribution in [-0.4, -0.2) is 20.5 Å². The maximum absolute atomic E-state index is 12.2. The molecule has 0 fully saturated rings. The Morgan fingerprint density at radius 3 is 2.23 bits per heavy atom. The number of nitro benzene ring substituents is 1. The first-order valence-electron chi connectivity index (χ1n) is 6.17. The van der Waals surface area contributed by atoms with Crippen molar-refractivity contribution in [3.63, 3.8) is 0 Å². The van der Waals surface area contributed by atoms with E-state index in [4.69, 9.17) is 8.92 Å². The Hall–Kier alpha value is -2.61. The lowest BCUT2D eigenvalue weighted by Crippen LogP contribution is -2.10. The van der Waals surface area contributed by atoms with E-state index >= 15 is 0 Å². The highest BCUT2D eigenvalue weighted by atomic mass is 32.2. The summed E-state index contributed by atoms with van der Waals surface area (Å²) in [6.07, 6.45) is 0. The predicted molar refractivity (Wildman–Crippen MR) is 78.6 cm³/mol. The average Bonchev–Trinajstić information content (AvgIpc) is 2.49. The lowest BCUT2D eigenvalue weighted by atomic mass is 10.2. The van der Waals surface area contributed by atoms with Gasteiger partial charge in [0.15, 0.2) is 11.5 Å². The molecule has 0 saturated carbocycles. The summed E-state index contributed by atoms with van der Waals surface area (Å²) in [5.74, 6) is 0.330. The number of ether oxygens (including phenoxy) is 1. The highest BCUT2D eigenvalue weighted by Crippen LogP contribution is 2.30. The summed E-state index contributed by atoms with van der Waals surface area (Å²) in [6.45, 7) is 1.83. The summed E-state index contributed by atoms with van der Waals surface area (Å²) in [5, 5.41) is 10.6. The molecule has 0 aliphatic rings. The van der Waals surface area contributed by atoms with Gasteiger partial charge in [-0.2, -0.15) is 8.42 Å². The first-order valence-corrected chi connectivity index (χ1v) is 7.58. The summed E-state index contributed by atoms with van der Waals surface area (Å²) < 4.78 is 34.5. The third kappa shape index (κ3) is 3.34. The van der Waals surface area contributed by atoms with Crippen molar-refractivity contribution in [1.29, 1.82) is 0 Å². The van der Waals surface area contributed by atoms with E-state index in [9.17, 15) is 18.5 Å². The Labute approximate surface area is 127 Å². The molecular formula is C14H13NO6S. The van der Waals surface area contributed by atoms with E-state index in [0.717, 1.165) is 29.8 Å². The number of hydrogen-bond acceptors (Lipinski definition) is 6. The summed E-state index contributed by atoms with van der Waals surface area (Å²) in [4.78, 5) is 9.79. The second kappa shape index (κ2) is 6.02. The highest BCUT2D eigenvalue weighted by Gasteiger charge is 2.20. The van der Waals surface area contributed by atoms with Gasteiger partial charge >= 0.3 is 10.1 Å². The van der Waals surface area contributed by atoms with Gasteiger partial charge < -0.3 is 8.92 Å². The van der Waals surface area contributed by atoms with E-state index in [1.165, 1.54) is 13.2 Å². The topological polar surface area (TPSA) is 95.7 Å². The van der Waals surface area contributed by atoms with Gasteiger partial charge in [-0.05, 0) is 36.8 Å². The number of benzene rings is 2. The van der Waals surface area contributed by atoms with Crippen LogP contribution in [0, 0.1) is 17.0 Å². The molecule has 0 bridgehead atoms. The van der Waals surface area contributed by atoms with Gasteiger partial charge in [-0.3, -0.25) is 10.1 Å². The molecule has 0 atom stereocenters. The van der Waals surface area contributed by atoms with Crippen LogP contribution in [0.1, 0.15) is 5.56 Å². The maximum Gasteiger partial charge on any atom is 0.339 e. The molecule has 22 heavy (non-hydrogen) atoms. The van der Waals surface area contributed by atoms with Crippen molar-refractivity contribution in [2.24, 2.45) is 0 Å². The number of aryl methyl sites for hydroxylation is 1. The summed E-state index contributed by atoms with van der Waals surface area (Å²) in [5.41, 5.74) is 0.684. The zero-order valence-electron chi connectivity index (χ0n) is 11.8. The Morgan fingerprint density at radius 2 is 1.68 bits per heavy atom. The SMILES string of the molecule is COc1cc(C)ccc1OS(=O)(=O)c1ccc([N+](=O)[O-])cc1. The molecule has 7 nitrogen and oxygen atoms in total. The monoisotopic (exact) mass is 323 g/mol. The fourth-order valence-electron chi connectivity index (χ4n) is 1.74. The van der Waals surface area contributed by atoms with E-state index < -0.39 is 15.0 Å². The molecule has 0 amide bonds. The van der Waals surface area contributed by atoms with E-state index in [0.29, 0.717) is 0 Å². The molecular weight excluding hydrogens is 310 g/mol. The fourth-order valence-corrected chi connectivity index (χ4v) is 2.68. The Bertz CT molecular complexity index is 799. The first-order chi connectivity index (χ1) is 10.3. The summed E-state index contributed by atoms with van der Waals surface area (Å²) in [7, 11) is -2.70. The number of nitrogens with zero attached hydrogens (tertiary/aromatic N) is 1. The average molecular weight is 323 g/mol.